The van der Waals surface area contributed by atoms with Crippen LogP contribution in [0, 0.1) is 19.8 Å². The maximum Gasteiger partial charge on any atom is 0.212 e. The molecule has 2 nitrogen and oxygen atoms in total. The Bertz CT molecular complexity index is 1030. The molecule has 0 N–H and O–H groups in total. The number of halogens is 1. The van der Waals surface area contributed by atoms with Gasteiger partial charge in [-0.15, -0.1) is 0 Å². The molecule has 0 aliphatic heterocycles. The van der Waals surface area contributed by atoms with Gasteiger partial charge in [-0.1, -0.05) is 86.1 Å². The highest BCUT2D eigenvalue weighted by molar-refractivity contribution is 6.10. The van der Waals surface area contributed by atoms with E-state index in [1.54, 1.807) is 24.5 Å². The van der Waals surface area contributed by atoms with Crippen molar-refractivity contribution in [2.45, 2.75) is 32.9 Å². The zero-order valence-corrected chi connectivity index (χ0v) is 18.8. The molecule has 3 aromatic rings. The van der Waals surface area contributed by atoms with Gasteiger partial charge < -0.3 is 4.57 Å². The van der Waals surface area contributed by atoms with Gasteiger partial charge in [-0.05, 0) is 47.8 Å². The van der Waals surface area contributed by atoms with E-state index in [0.29, 0.717) is 0 Å². The van der Waals surface area contributed by atoms with Crippen molar-refractivity contribution in [2.75, 3.05) is 0 Å². The van der Waals surface area contributed by atoms with Crippen LogP contribution in [0.15, 0.2) is 97.6 Å². The number of nitrogens with zero attached hydrogens (tertiary/aromatic N) is 2. The zero-order valence-electron chi connectivity index (χ0n) is 18.8. The molecule has 0 bridgehead atoms. The molecule has 1 aliphatic carbocycles. The largest absolute Gasteiger partial charge is 0.300 e. The molecule has 2 aromatic carbocycles. The van der Waals surface area contributed by atoms with E-state index >= 15 is 0 Å². The number of rotatable bonds is 4. The summed E-state index contributed by atoms with van der Waals surface area (Å²) in [5, 5.41) is 0. The summed E-state index contributed by atoms with van der Waals surface area (Å²) in [5.74, 6) is -1.61. The first-order chi connectivity index (χ1) is 15.0. The van der Waals surface area contributed by atoms with Gasteiger partial charge in [-0.25, -0.2) is 9.37 Å². The highest BCUT2D eigenvalue weighted by Gasteiger charge is 2.34. The van der Waals surface area contributed by atoms with Crippen molar-refractivity contribution in [1.82, 2.24) is 9.55 Å². The minimum Gasteiger partial charge on any atom is -0.300 e. The molecule has 1 aliphatic rings. The first-order valence-corrected chi connectivity index (χ1v) is 10.8. The second-order valence-corrected chi connectivity index (χ2v) is 7.89. The monoisotopic (exact) mass is 412 g/mol. The fraction of sp³-hybridized carbons (Fsp3) is 0.222. The summed E-state index contributed by atoms with van der Waals surface area (Å²) < 4.78 is 15.8. The van der Waals surface area contributed by atoms with Gasteiger partial charge in [0.1, 0.15) is 7.85 Å². The molecule has 0 saturated carbocycles. The Morgan fingerprint density at radius 2 is 1.68 bits per heavy atom. The highest BCUT2D eigenvalue weighted by atomic mass is 19.1. The molecule has 0 fully saturated rings. The van der Waals surface area contributed by atoms with Crippen LogP contribution in [0.5, 0.6) is 0 Å². The van der Waals surface area contributed by atoms with E-state index in [2.05, 4.69) is 81.3 Å². The van der Waals surface area contributed by atoms with Gasteiger partial charge in [0, 0.05) is 18.3 Å². The molecule has 4 heteroatoms. The minimum atomic E-state index is -1.45. The lowest BCUT2D eigenvalue weighted by molar-refractivity contribution is 0.0840. The van der Waals surface area contributed by atoms with Gasteiger partial charge in [0.05, 0.1) is 6.33 Å². The van der Waals surface area contributed by atoms with Crippen molar-refractivity contribution in [3.63, 3.8) is 0 Å². The van der Waals surface area contributed by atoms with Crippen LogP contribution in [0.2, 0.25) is 6.32 Å². The third kappa shape index (κ3) is 5.14. The van der Waals surface area contributed by atoms with E-state index < -0.39 is 5.79 Å². The molecule has 2 unspecified atom stereocenters. The number of alkyl halides is 1. The predicted octanol–water partition coefficient (Wildman–Crippen LogP) is 6.05. The third-order valence-corrected chi connectivity index (χ3v) is 5.66. The Morgan fingerprint density at radius 3 is 2.16 bits per heavy atom. The number of hydrogen-bond acceptors (Lipinski definition) is 1. The summed E-state index contributed by atoms with van der Waals surface area (Å²) >= 11 is 0. The molecule has 4 rings (SSSR count). The van der Waals surface area contributed by atoms with E-state index in [-0.39, 0.29) is 5.92 Å². The van der Waals surface area contributed by atoms with Crippen molar-refractivity contribution < 1.29 is 4.39 Å². The lowest BCUT2D eigenvalue weighted by atomic mass is 9.89. The first-order valence-electron chi connectivity index (χ1n) is 10.8. The molecule has 31 heavy (non-hydrogen) atoms. The second kappa shape index (κ2) is 10.3. The van der Waals surface area contributed by atoms with E-state index in [1.165, 1.54) is 38.7 Å². The SMILES string of the molecule is BCC=C(c1ccccc1C)c1ccccc1C.CC1C=CC=CC1(F)n1ccnc1. The Morgan fingerprint density at radius 1 is 1.06 bits per heavy atom. The van der Waals surface area contributed by atoms with Gasteiger partial charge in [0.15, 0.2) is 0 Å². The number of hydrogen-bond donors (Lipinski definition) is 0. The average molecular weight is 412 g/mol. The van der Waals surface area contributed by atoms with Crippen molar-refractivity contribution in [2.24, 2.45) is 5.92 Å². The zero-order chi connectivity index (χ0) is 22.3. The van der Waals surface area contributed by atoms with E-state index in [4.69, 9.17) is 0 Å². The van der Waals surface area contributed by atoms with Crippen LogP contribution in [-0.4, -0.2) is 17.4 Å². The summed E-state index contributed by atoms with van der Waals surface area (Å²) in [6, 6.07) is 17.2. The van der Waals surface area contributed by atoms with Crippen molar-refractivity contribution in [3.05, 3.63) is 120 Å². The van der Waals surface area contributed by atoms with E-state index in [0.717, 1.165) is 6.32 Å². The standard InChI is InChI=1S/C17H19B.C10H11FN2/c1-13-7-3-5-9-15(13)17(11-12-18)16-10-6-4-8-14(16)2;1-9-4-2-3-5-10(9,11)13-7-6-12-8-13/h3-11H,12,18H2,1-2H3;2-9H,1H3. The predicted molar refractivity (Wildman–Crippen MR) is 132 cm³/mol. The van der Waals surface area contributed by atoms with Crippen LogP contribution in [0.3, 0.4) is 0 Å². The van der Waals surface area contributed by atoms with Crippen LogP contribution in [0.4, 0.5) is 4.39 Å². The van der Waals surface area contributed by atoms with Crippen LogP contribution < -0.4 is 0 Å². The highest BCUT2D eigenvalue weighted by Crippen LogP contribution is 2.33. The molecular weight excluding hydrogens is 382 g/mol. The van der Waals surface area contributed by atoms with Crippen LogP contribution in [-0.2, 0) is 5.79 Å². The summed E-state index contributed by atoms with van der Waals surface area (Å²) in [6.45, 7) is 6.20. The van der Waals surface area contributed by atoms with Gasteiger partial charge in [0.25, 0.3) is 0 Å². The van der Waals surface area contributed by atoms with Gasteiger partial charge >= 0.3 is 0 Å². The molecule has 2 atom stereocenters. The quantitative estimate of drug-likeness (QED) is 0.477. The Hall–Kier alpha value is -3.14. The van der Waals surface area contributed by atoms with Gasteiger partial charge in [-0.3, -0.25) is 0 Å². The van der Waals surface area contributed by atoms with Crippen LogP contribution in [0.25, 0.3) is 5.57 Å². The summed E-state index contributed by atoms with van der Waals surface area (Å²) in [6.07, 6.45) is 15.1. The maximum atomic E-state index is 14.3. The molecule has 0 radical (unpaired) electrons. The maximum absolute atomic E-state index is 14.3. The molecule has 158 valence electrons. The number of imidazole rings is 1. The van der Waals surface area contributed by atoms with Crippen molar-refractivity contribution >= 4 is 13.4 Å². The normalized spacial score (nSPS) is 19.4. The Balaban J connectivity index is 0.000000185. The van der Waals surface area contributed by atoms with Crippen LogP contribution >= 0.6 is 0 Å². The van der Waals surface area contributed by atoms with Crippen molar-refractivity contribution in [1.29, 1.82) is 0 Å². The number of aromatic nitrogens is 2. The topological polar surface area (TPSA) is 17.8 Å². The lowest BCUT2D eigenvalue weighted by Gasteiger charge is -2.29. The molecule has 1 heterocycles. The van der Waals surface area contributed by atoms with E-state index in [1.807, 2.05) is 19.1 Å². The third-order valence-electron chi connectivity index (χ3n) is 5.66. The molecular formula is C27H30BFN2. The number of aryl methyl sites for hydroxylation is 2. The second-order valence-electron chi connectivity index (χ2n) is 7.89. The Kier molecular flexibility index (Phi) is 7.46. The number of allylic oxidation sites excluding steroid dienone is 5. The van der Waals surface area contributed by atoms with Gasteiger partial charge in [-0.2, -0.15) is 0 Å². The van der Waals surface area contributed by atoms with E-state index in [9.17, 15) is 4.39 Å². The lowest BCUT2D eigenvalue weighted by Crippen LogP contribution is -2.32. The Labute approximate surface area is 186 Å². The fourth-order valence-electron chi connectivity index (χ4n) is 3.81. The summed E-state index contributed by atoms with van der Waals surface area (Å²) in [5.41, 5.74) is 6.71. The molecule has 0 saturated heterocycles. The number of benzene rings is 2. The van der Waals surface area contributed by atoms with Crippen molar-refractivity contribution in [3.8, 4) is 0 Å². The molecule has 0 amide bonds. The smallest absolute Gasteiger partial charge is 0.212 e. The fourth-order valence-corrected chi connectivity index (χ4v) is 3.81. The first kappa shape index (κ1) is 22.5. The van der Waals surface area contributed by atoms with Crippen LogP contribution in [0.1, 0.15) is 29.2 Å². The molecule has 0 spiro atoms. The molecule has 1 aromatic heterocycles. The van der Waals surface area contributed by atoms with Gasteiger partial charge in [0.2, 0.25) is 5.79 Å². The summed E-state index contributed by atoms with van der Waals surface area (Å²) in [4.78, 5) is 3.84. The minimum absolute atomic E-state index is 0.160. The average Bonchev–Trinajstić information content (AvgIpc) is 3.32. The summed E-state index contributed by atoms with van der Waals surface area (Å²) in [7, 11) is 2.19.